The summed E-state index contributed by atoms with van der Waals surface area (Å²) < 4.78 is 1.74. The molecule has 5 nitrogen and oxygen atoms in total. The predicted molar refractivity (Wildman–Crippen MR) is 69.8 cm³/mol. The van der Waals surface area contributed by atoms with E-state index in [4.69, 9.17) is 0 Å². The monoisotopic (exact) mass is 247 g/mol. The van der Waals surface area contributed by atoms with E-state index in [1.807, 2.05) is 27.1 Å². The van der Waals surface area contributed by atoms with Crippen LogP contribution in [0.1, 0.15) is 24.2 Å². The van der Waals surface area contributed by atoms with Gasteiger partial charge in [0.2, 0.25) is 0 Å². The van der Waals surface area contributed by atoms with E-state index in [2.05, 4.69) is 10.4 Å². The van der Waals surface area contributed by atoms with Crippen molar-refractivity contribution in [1.82, 2.24) is 9.78 Å². The van der Waals surface area contributed by atoms with Crippen LogP contribution in [-0.2, 0) is 7.05 Å². The number of benzene rings is 1. The van der Waals surface area contributed by atoms with Gasteiger partial charge >= 0.3 is 0 Å². The fourth-order valence-electron chi connectivity index (χ4n) is 1.93. The predicted octanol–water partition coefficient (Wildman–Crippen LogP) is 2.31. The van der Waals surface area contributed by atoms with Crippen LogP contribution in [0.5, 0.6) is 11.5 Å². The van der Waals surface area contributed by atoms with Crippen LogP contribution in [0.4, 0.5) is 5.69 Å². The molecule has 0 spiro atoms. The number of aromatic nitrogens is 2. The molecule has 1 unspecified atom stereocenters. The highest BCUT2D eigenvalue weighted by Gasteiger charge is 2.11. The van der Waals surface area contributed by atoms with Gasteiger partial charge in [-0.15, -0.1) is 0 Å². The Morgan fingerprint density at radius 2 is 1.83 bits per heavy atom. The Morgan fingerprint density at radius 1 is 1.22 bits per heavy atom. The zero-order chi connectivity index (χ0) is 13.3. The summed E-state index contributed by atoms with van der Waals surface area (Å²) in [7, 11) is 1.86. The summed E-state index contributed by atoms with van der Waals surface area (Å²) in [4.78, 5) is 0. The van der Waals surface area contributed by atoms with E-state index < -0.39 is 0 Å². The Bertz CT molecular complexity index is 543. The van der Waals surface area contributed by atoms with Crippen LogP contribution < -0.4 is 5.32 Å². The number of nitrogens with zero attached hydrogens (tertiary/aromatic N) is 2. The molecule has 1 aromatic carbocycles. The van der Waals surface area contributed by atoms with E-state index in [0.29, 0.717) is 0 Å². The van der Waals surface area contributed by atoms with Gasteiger partial charge in [0, 0.05) is 25.4 Å². The largest absolute Gasteiger partial charge is 0.508 e. The van der Waals surface area contributed by atoms with Gasteiger partial charge in [-0.05, 0) is 31.5 Å². The zero-order valence-electron chi connectivity index (χ0n) is 10.7. The average molecular weight is 247 g/mol. The maximum absolute atomic E-state index is 9.46. The van der Waals surface area contributed by atoms with Gasteiger partial charge in [0.1, 0.15) is 11.5 Å². The van der Waals surface area contributed by atoms with Gasteiger partial charge in [0.15, 0.2) is 0 Å². The molecule has 0 aliphatic heterocycles. The molecule has 3 N–H and O–H groups in total. The molecule has 0 saturated carbocycles. The van der Waals surface area contributed by atoms with Crippen LogP contribution in [0.3, 0.4) is 0 Å². The number of nitrogens with one attached hydrogen (secondary N) is 1. The van der Waals surface area contributed by atoms with Gasteiger partial charge in [-0.2, -0.15) is 5.10 Å². The Kier molecular flexibility index (Phi) is 3.14. The van der Waals surface area contributed by atoms with E-state index in [0.717, 1.165) is 16.9 Å². The van der Waals surface area contributed by atoms with Crippen LogP contribution in [0.25, 0.3) is 0 Å². The molecule has 2 rings (SSSR count). The minimum Gasteiger partial charge on any atom is -0.508 e. The highest BCUT2D eigenvalue weighted by atomic mass is 16.3. The lowest BCUT2D eigenvalue weighted by Crippen LogP contribution is -2.06. The fraction of sp³-hybridized carbons (Fsp3) is 0.308. The number of rotatable bonds is 3. The Balaban J connectivity index is 2.21. The zero-order valence-corrected chi connectivity index (χ0v) is 10.7. The van der Waals surface area contributed by atoms with Gasteiger partial charge < -0.3 is 15.5 Å². The van der Waals surface area contributed by atoms with Gasteiger partial charge in [0.25, 0.3) is 0 Å². The van der Waals surface area contributed by atoms with Crippen molar-refractivity contribution >= 4 is 5.69 Å². The van der Waals surface area contributed by atoms with Crippen LogP contribution in [-0.4, -0.2) is 20.0 Å². The summed E-state index contributed by atoms with van der Waals surface area (Å²) in [6, 6.07) is 4.53. The molecule has 0 saturated heterocycles. The summed E-state index contributed by atoms with van der Waals surface area (Å²) in [5.41, 5.74) is 2.66. The number of aromatic hydroxyl groups is 2. The summed E-state index contributed by atoms with van der Waals surface area (Å²) in [6.45, 7) is 3.88. The smallest absolute Gasteiger partial charge is 0.119 e. The van der Waals surface area contributed by atoms with E-state index in [-0.39, 0.29) is 17.5 Å². The number of aryl methyl sites for hydroxylation is 2. The third-order valence-electron chi connectivity index (χ3n) is 2.81. The molecule has 0 amide bonds. The van der Waals surface area contributed by atoms with Gasteiger partial charge in [-0.25, -0.2) is 0 Å². The third-order valence-corrected chi connectivity index (χ3v) is 2.81. The molecule has 1 aromatic heterocycles. The Labute approximate surface area is 106 Å². The minimum atomic E-state index is -0.0362. The van der Waals surface area contributed by atoms with Crippen LogP contribution in [0.15, 0.2) is 24.4 Å². The highest BCUT2D eigenvalue weighted by Crippen LogP contribution is 2.27. The lowest BCUT2D eigenvalue weighted by Gasteiger charge is -2.15. The molecule has 5 heteroatoms. The summed E-state index contributed by atoms with van der Waals surface area (Å²) >= 11 is 0. The molecule has 0 aliphatic carbocycles. The van der Waals surface area contributed by atoms with E-state index in [9.17, 15) is 10.2 Å². The molecular weight excluding hydrogens is 230 g/mol. The SMILES string of the molecule is Cc1nn(C)cc1NC(C)c1cc(O)cc(O)c1. The van der Waals surface area contributed by atoms with E-state index in [1.165, 1.54) is 6.07 Å². The van der Waals surface area contributed by atoms with Crippen molar-refractivity contribution < 1.29 is 10.2 Å². The maximum atomic E-state index is 9.46. The van der Waals surface area contributed by atoms with Gasteiger partial charge in [0.05, 0.1) is 11.4 Å². The molecule has 0 bridgehead atoms. The number of phenols is 2. The topological polar surface area (TPSA) is 70.3 Å². The van der Waals surface area contributed by atoms with E-state index >= 15 is 0 Å². The van der Waals surface area contributed by atoms with Crippen LogP contribution in [0, 0.1) is 6.92 Å². The second-order valence-corrected chi connectivity index (χ2v) is 4.45. The van der Waals surface area contributed by atoms with Crippen molar-refractivity contribution in [2.45, 2.75) is 19.9 Å². The van der Waals surface area contributed by atoms with Crippen molar-refractivity contribution in [2.75, 3.05) is 5.32 Å². The third kappa shape index (κ3) is 2.56. The summed E-state index contributed by atoms with van der Waals surface area (Å²) in [6.07, 6.45) is 1.90. The normalized spacial score (nSPS) is 12.4. The standard InChI is InChI=1S/C13H17N3O2/c1-8(10-4-11(17)6-12(18)5-10)14-13-7-16(3)15-9(13)2/h4-8,14,17-18H,1-3H3. The fourth-order valence-corrected chi connectivity index (χ4v) is 1.93. The first-order chi connectivity index (χ1) is 8.45. The first kappa shape index (κ1) is 12.3. The van der Waals surface area contributed by atoms with E-state index in [1.54, 1.807) is 16.8 Å². The molecule has 2 aromatic rings. The second kappa shape index (κ2) is 4.60. The molecule has 1 heterocycles. The molecule has 0 aliphatic rings. The van der Waals surface area contributed by atoms with Crippen LogP contribution >= 0.6 is 0 Å². The molecule has 1 atom stereocenters. The maximum Gasteiger partial charge on any atom is 0.119 e. The van der Waals surface area contributed by atoms with Crippen molar-refractivity contribution in [3.05, 3.63) is 35.7 Å². The lowest BCUT2D eigenvalue weighted by atomic mass is 10.1. The van der Waals surface area contributed by atoms with Crippen LogP contribution in [0.2, 0.25) is 0 Å². The van der Waals surface area contributed by atoms with Gasteiger partial charge in [-0.1, -0.05) is 0 Å². The number of anilines is 1. The van der Waals surface area contributed by atoms with Gasteiger partial charge in [-0.3, -0.25) is 4.68 Å². The quantitative estimate of drug-likeness (QED) is 0.778. The lowest BCUT2D eigenvalue weighted by molar-refractivity contribution is 0.448. The Morgan fingerprint density at radius 3 is 2.33 bits per heavy atom. The molecular formula is C13H17N3O2. The van der Waals surface area contributed by atoms with Crippen molar-refractivity contribution in [1.29, 1.82) is 0 Å². The number of hydrogen-bond acceptors (Lipinski definition) is 4. The Hall–Kier alpha value is -2.17. The summed E-state index contributed by atoms with van der Waals surface area (Å²) in [5.74, 6) is 0.114. The first-order valence-corrected chi connectivity index (χ1v) is 5.75. The molecule has 18 heavy (non-hydrogen) atoms. The molecule has 0 fully saturated rings. The first-order valence-electron chi connectivity index (χ1n) is 5.75. The number of phenolic OH excluding ortho intramolecular Hbond substituents is 2. The van der Waals surface area contributed by atoms with Crippen molar-refractivity contribution in [2.24, 2.45) is 7.05 Å². The highest BCUT2D eigenvalue weighted by molar-refractivity contribution is 5.49. The molecule has 96 valence electrons. The molecule has 0 radical (unpaired) electrons. The second-order valence-electron chi connectivity index (χ2n) is 4.45. The van der Waals surface area contributed by atoms with Crippen molar-refractivity contribution in [3.63, 3.8) is 0 Å². The number of hydrogen-bond donors (Lipinski definition) is 3. The van der Waals surface area contributed by atoms with Crippen molar-refractivity contribution in [3.8, 4) is 11.5 Å². The summed E-state index contributed by atoms with van der Waals surface area (Å²) in [5, 5.41) is 26.5. The average Bonchev–Trinajstić information content (AvgIpc) is 2.56. The minimum absolute atomic E-state index is 0.0362.